The number of benzene rings is 1. The van der Waals surface area contributed by atoms with Crippen molar-refractivity contribution >= 4 is 29.4 Å². The highest BCUT2D eigenvalue weighted by molar-refractivity contribution is 5.94. The number of hydrogen-bond donors (Lipinski definition) is 0. The Morgan fingerprint density at radius 1 is 0.949 bits per heavy atom. The fraction of sp³-hybridized carbons (Fsp3) is 0.448. The van der Waals surface area contributed by atoms with Crippen LogP contribution in [0.5, 0.6) is 5.75 Å². The summed E-state index contributed by atoms with van der Waals surface area (Å²) in [6.45, 7) is 5.44. The molecule has 4 rings (SSSR count). The molecule has 210 valence electrons. The molecule has 1 aromatic heterocycles. The van der Waals surface area contributed by atoms with Gasteiger partial charge in [-0.2, -0.15) is 0 Å². The van der Waals surface area contributed by atoms with Crippen LogP contribution in [-0.4, -0.2) is 74.1 Å². The Balaban J connectivity index is 0.000000459. The highest BCUT2D eigenvalue weighted by Crippen LogP contribution is 2.29. The fourth-order valence-electron chi connectivity index (χ4n) is 4.90. The average molecular weight is 537 g/mol. The predicted molar refractivity (Wildman–Crippen MR) is 144 cm³/mol. The average Bonchev–Trinajstić information content (AvgIpc) is 2.98. The standard InChI is InChI=1S/C25H34N4O2.C4H4O4/c1-31-23-12-6-5-11-22(23)28-18-15-27(16-19-28)17-20-29(24-13-7-8-14-26-24)25(30)21-9-3-2-4-10-21;5-3(6)1-2-4(7)8/h5-8,11-14,21H,2-4,9-10,15-20H2,1H3;1-2H,(H,5,6)(H,7,8)/p-2/b;2-1-. The molecule has 0 atom stereocenters. The Bertz CT molecular complexity index is 1080. The van der Waals surface area contributed by atoms with E-state index in [1.165, 1.54) is 6.42 Å². The topological polar surface area (TPSA) is 129 Å². The lowest BCUT2D eigenvalue weighted by atomic mass is 9.88. The van der Waals surface area contributed by atoms with Crippen molar-refractivity contribution in [2.24, 2.45) is 5.92 Å². The minimum Gasteiger partial charge on any atom is -0.545 e. The van der Waals surface area contributed by atoms with Crippen LogP contribution in [0.3, 0.4) is 0 Å². The summed E-state index contributed by atoms with van der Waals surface area (Å²) in [5, 5.41) is 18.8. The van der Waals surface area contributed by atoms with E-state index in [1.807, 2.05) is 35.2 Å². The van der Waals surface area contributed by atoms with E-state index in [2.05, 4.69) is 26.9 Å². The second-order valence-corrected chi connectivity index (χ2v) is 9.48. The minimum absolute atomic E-state index is 0.151. The van der Waals surface area contributed by atoms with Gasteiger partial charge in [0, 0.05) is 51.4 Å². The minimum atomic E-state index is -1.55. The van der Waals surface area contributed by atoms with Crippen LogP contribution in [-0.2, 0) is 14.4 Å². The van der Waals surface area contributed by atoms with Gasteiger partial charge in [0.15, 0.2) is 0 Å². The molecule has 10 heteroatoms. The smallest absolute Gasteiger partial charge is 0.231 e. The van der Waals surface area contributed by atoms with Crippen molar-refractivity contribution < 1.29 is 29.3 Å². The number of amides is 1. The first-order valence-electron chi connectivity index (χ1n) is 13.3. The molecule has 0 N–H and O–H groups in total. The number of nitrogens with zero attached hydrogens (tertiary/aromatic N) is 4. The third kappa shape index (κ3) is 9.40. The van der Waals surface area contributed by atoms with E-state index in [9.17, 15) is 24.6 Å². The number of carboxylic acids is 2. The van der Waals surface area contributed by atoms with E-state index >= 15 is 0 Å². The Morgan fingerprint density at radius 3 is 2.18 bits per heavy atom. The van der Waals surface area contributed by atoms with Crippen molar-refractivity contribution in [1.29, 1.82) is 0 Å². The molecule has 1 aromatic carbocycles. The fourth-order valence-corrected chi connectivity index (χ4v) is 4.90. The van der Waals surface area contributed by atoms with Gasteiger partial charge >= 0.3 is 0 Å². The Kier molecular flexibility index (Phi) is 11.8. The molecule has 1 aliphatic carbocycles. The molecule has 0 unspecified atom stereocenters. The normalized spacial score (nSPS) is 16.3. The van der Waals surface area contributed by atoms with E-state index in [0.717, 1.165) is 75.7 Å². The van der Waals surface area contributed by atoms with Gasteiger partial charge in [-0.1, -0.05) is 37.5 Å². The molecule has 2 fully saturated rings. The number of piperazine rings is 1. The molecule has 1 amide bonds. The van der Waals surface area contributed by atoms with E-state index in [4.69, 9.17) is 4.74 Å². The summed E-state index contributed by atoms with van der Waals surface area (Å²) in [5.41, 5.74) is 1.16. The molecule has 2 aliphatic rings. The molecule has 39 heavy (non-hydrogen) atoms. The van der Waals surface area contributed by atoms with Gasteiger partial charge < -0.3 is 29.4 Å². The Morgan fingerprint density at radius 2 is 1.59 bits per heavy atom. The van der Waals surface area contributed by atoms with Gasteiger partial charge in [0.2, 0.25) is 5.91 Å². The quantitative estimate of drug-likeness (QED) is 0.429. The van der Waals surface area contributed by atoms with Crippen LogP contribution in [0.25, 0.3) is 0 Å². The van der Waals surface area contributed by atoms with Gasteiger partial charge in [-0.3, -0.25) is 14.6 Å². The number of aromatic nitrogens is 1. The van der Waals surface area contributed by atoms with Crippen LogP contribution in [0, 0.1) is 5.92 Å². The number of aliphatic carboxylic acids is 2. The summed E-state index contributed by atoms with van der Waals surface area (Å²) >= 11 is 0. The van der Waals surface area contributed by atoms with Crippen molar-refractivity contribution in [3.05, 3.63) is 60.8 Å². The number of carboxylic acid groups (broad SMARTS) is 2. The third-order valence-electron chi connectivity index (χ3n) is 6.94. The maximum Gasteiger partial charge on any atom is 0.231 e. The van der Waals surface area contributed by atoms with Crippen molar-refractivity contribution in [3.8, 4) is 5.75 Å². The van der Waals surface area contributed by atoms with Gasteiger partial charge in [0.25, 0.3) is 0 Å². The molecule has 1 saturated heterocycles. The summed E-state index contributed by atoms with van der Waals surface area (Å²) in [4.78, 5) is 43.4. The van der Waals surface area contributed by atoms with Gasteiger partial charge in [-0.15, -0.1) is 0 Å². The summed E-state index contributed by atoms with van der Waals surface area (Å²) in [6.07, 6.45) is 8.16. The maximum absolute atomic E-state index is 13.3. The highest BCUT2D eigenvalue weighted by Gasteiger charge is 2.28. The molecule has 0 bridgehead atoms. The van der Waals surface area contributed by atoms with Crippen LogP contribution in [0.1, 0.15) is 32.1 Å². The predicted octanol–water partition coefficient (Wildman–Crippen LogP) is 0.868. The number of ether oxygens (including phenoxy) is 1. The SMILES string of the molecule is COc1ccccc1N1CCN(CCN(C(=O)C2CCCCC2)c2ccccn2)CC1.O=C([O-])/C=C\C(=O)[O-]. The number of hydrogen-bond acceptors (Lipinski definition) is 9. The molecule has 1 aliphatic heterocycles. The van der Waals surface area contributed by atoms with Crippen LogP contribution < -0.4 is 24.7 Å². The second-order valence-electron chi connectivity index (χ2n) is 9.48. The lowest BCUT2D eigenvalue weighted by Gasteiger charge is -2.37. The molecule has 2 heterocycles. The highest BCUT2D eigenvalue weighted by atomic mass is 16.5. The van der Waals surface area contributed by atoms with Crippen LogP contribution >= 0.6 is 0 Å². The van der Waals surface area contributed by atoms with Crippen molar-refractivity contribution in [2.75, 3.05) is 56.2 Å². The first kappa shape index (κ1) is 29.6. The third-order valence-corrected chi connectivity index (χ3v) is 6.94. The van der Waals surface area contributed by atoms with Gasteiger partial charge in [-0.25, -0.2) is 4.98 Å². The van der Waals surface area contributed by atoms with Gasteiger partial charge in [0.05, 0.1) is 24.7 Å². The van der Waals surface area contributed by atoms with E-state index in [0.29, 0.717) is 18.7 Å². The number of pyridine rings is 1. The zero-order valence-electron chi connectivity index (χ0n) is 22.4. The summed E-state index contributed by atoms with van der Waals surface area (Å²) < 4.78 is 5.53. The molecular formula is C29H36N4O6-2. The van der Waals surface area contributed by atoms with Crippen LogP contribution in [0.4, 0.5) is 11.5 Å². The molecule has 2 aromatic rings. The van der Waals surface area contributed by atoms with Crippen molar-refractivity contribution in [2.45, 2.75) is 32.1 Å². The van der Waals surface area contributed by atoms with E-state index < -0.39 is 11.9 Å². The number of carbonyl (C=O) groups is 3. The van der Waals surface area contributed by atoms with Crippen LogP contribution in [0.2, 0.25) is 0 Å². The molecule has 0 spiro atoms. The van der Waals surface area contributed by atoms with Crippen molar-refractivity contribution in [3.63, 3.8) is 0 Å². The summed E-state index contributed by atoms with van der Waals surface area (Å²) in [7, 11) is 1.73. The second kappa shape index (κ2) is 15.5. The number of rotatable bonds is 9. The van der Waals surface area contributed by atoms with Crippen LogP contribution in [0.15, 0.2) is 60.8 Å². The summed E-state index contributed by atoms with van der Waals surface area (Å²) in [5.74, 6) is -0.978. The van der Waals surface area contributed by atoms with Gasteiger partial charge in [-0.05, 0) is 49.3 Å². The lowest BCUT2D eigenvalue weighted by Crippen LogP contribution is -2.50. The first-order chi connectivity index (χ1) is 18.9. The monoisotopic (exact) mass is 536 g/mol. The van der Waals surface area contributed by atoms with Crippen molar-refractivity contribution in [1.82, 2.24) is 9.88 Å². The zero-order chi connectivity index (χ0) is 28.0. The number of para-hydroxylation sites is 2. The Labute approximate surface area is 229 Å². The van der Waals surface area contributed by atoms with Gasteiger partial charge in [0.1, 0.15) is 11.6 Å². The largest absolute Gasteiger partial charge is 0.545 e. The Hall–Kier alpha value is -3.92. The lowest BCUT2D eigenvalue weighted by molar-refractivity contribution is -0.301. The van der Waals surface area contributed by atoms with E-state index in [1.54, 1.807) is 13.3 Å². The first-order valence-corrected chi connectivity index (χ1v) is 13.3. The number of anilines is 2. The van der Waals surface area contributed by atoms with E-state index in [-0.39, 0.29) is 11.8 Å². The maximum atomic E-state index is 13.3. The zero-order valence-corrected chi connectivity index (χ0v) is 22.4. The molecule has 0 radical (unpaired) electrons. The molecule has 10 nitrogen and oxygen atoms in total. The number of carbonyl (C=O) groups excluding carboxylic acids is 3. The molecule has 1 saturated carbocycles. The molecular weight excluding hydrogens is 500 g/mol. The summed E-state index contributed by atoms with van der Waals surface area (Å²) in [6, 6.07) is 14.0. The number of methoxy groups -OCH3 is 1.